The molecular formula is C75H88Cl2N18O12. The van der Waals surface area contributed by atoms with E-state index in [2.05, 4.69) is 63.7 Å². The fourth-order valence-electron chi connectivity index (χ4n) is 14.9. The number of rotatable bonds is 17. The van der Waals surface area contributed by atoms with E-state index in [1.807, 2.05) is 18.3 Å². The highest BCUT2D eigenvalue weighted by atomic mass is 35.5. The first-order valence-electron chi connectivity index (χ1n) is 37.4. The third-order valence-electron chi connectivity index (χ3n) is 20.8. The number of ether oxygens (including phenoxy) is 9. The predicted molar refractivity (Wildman–Crippen MR) is 406 cm³/mol. The van der Waals surface area contributed by atoms with Crippen LogP contribution in [0.4, 0.5) is 52.4 Å². The highest BCUT2D eigenvalue weighted by molar-refractivity contribution is 6.37. The number of hydrogen-bond acceptors (Lipinski definition) is 24. The molecule has 3 saturated carbocycles. The number of fused-ring (bicyclic) bond motifs is 6. The first kappa shape index (κ1) is 71.3. The molecule has 564 valence electrons. The first-order chi connectivity index (χ1) is 52.5. The van der Waals surface area contributed by atoms with Crippen molar-refractivity contribution >= 4 is 126 Å². The molecule has 3 amide bonds. The van der Waals surface area contributed by atoms with Gasteiger partial charge in [-0.15, -0.1) is 0 Å². The van der Waals surface area contributed by atoms with E-state index in [1.54, 1.807) is 51.4 Å². The summed E-state index contributed by atoms with van der Waals surface area (Å²) in [6.45, 7) is 12.6. The fourth-order valence-corrected chi connectivity index (χ4v) is 15.4. The zero-order valence-electron chi connectivity index (χ0n) is 59.7. The van der Waals surface area contributed by atoms with Crippen LogP contribution in [-0.2, 0) is 14.2 Å². The summed E-state index contributed by atoms with van der Waals surface area (Å²) in [4.78, 5) is 82.7. The van der Waals surface area contributed by atoms with Crippen LogP contribution in [0.25, 0.3) is 33.1 Å². The molecule has 3 saturated heterocycles. The van der Waals surface area contributed by atoms with Gasteiger partial charge in [-0.05, 0) is 99.2 Å². The summed E-state index contributed by atoms with van der Waals surface area (Å²) in [6, 6.07) is 11.2. The number of anilines is 9. The third kappa shape index (κ3) is 15.8. The van der Waals surface area contributed by atoms with Gasteiger partial charge in [0.15, 0.2) is 34.5 Å². The fraction of sp³-hybridized carbons (Fsp3) is 0.480. The van der Waals surface area contributed by atoms with Crippen molar-refractivity contribution in [1.29, 1.82) is 0 Å². The lowest BCUT2D eigenvalue weighted by atomic mass is 9.85. The van der Waals surface area contributed by atoms with E-state index in [9.17, 15) is 14.4 Å². The molecule has 3 aromatic carbocycles. The van der Waals surface area contributed by atoms with E-state index in [0.29, 0.717) is 255 Å². The SMILES string of the molecule is Cc1c[nH]c2nc(Nc3ccc(C(=O)N4CCOCC4)c4c3OCCO4)nc(NC3CCCCC3)c12.O=C(c1ccc(Nc2nc(NCC3CCC3)c3c(Cl)c[nH]c3n2)c2c1OCCO2)N1CCOCC1.O=C(c1ccc(Nc2nc(NCC3CCCC3)c3c(Cl)c[nH]c3n2)c2c1OCCO2)N1CCOCC1. The summed E-state index contributed by atoms with van der Waals surface area (Å²) in [7, 11) is 0. The van der Waals surface area contributed by atoms with E-state index in [1.165, 1.54) is 64.2 Å². The molecule has 107 heavy (non-hydrogen) atoms. The van der Waals surface area contributed by atoms with Gasteiger partial charge in [0.2, 0.25) is 17.8 Å². The van der Waals surface area contributed by atoms with Crippen molar-refractivity contribution < 1.29 is 57.0 Å². The van der Waals surface area contributed by atoms with E-state index < -0.39 is 0 Å². The molecule has 30 nitrogen and oxygen atoms in total. The van der Waals surface area contributed by atoms with Crippen LogP contribution in [0.2, 0.25) is 10.0 Å². The molecule has 6 fully saturated rings. The average Bonchev–Trinajstić information content (AvgIpc) is 1.79. The number of nitrogens with one attached hydrogen (secondary N) is 9. The van der Waals surface area contributed by atoms with Gasteiger partial charge < -0.3 is 104 Å². The number of benzene rings is 3. The van der Waals surface area contributed by atoms with Gasteiger partial charge in [0.05, 0.1) is 99.6 Å². The molecule has 6 aromatic heterocycles. The molecule has 12 heterocycles. The Labute approximate surface area is 627 Å². The zero-order valence-corrected chi connectivity index (χ0v) is 61.2. The number of aromatic amines is 3. The van der Waals surface area contributed by atoms with Crippen LogP contribution in [-0.4, -0.2) is 215 Å². The number of halogens is 2. The normalized spacial score (nSPS) is 18.0. The predicted octanol–water partition coefficient (Wildman–Crippen LogP) is 12.0. The smallest absolute Gasteiger partial charge is 0.257 e. The molecule has 9 aromatic rings. The minimum Gasteiger partial charge on any atom is -0.485 e. The van der Waals surface area contributed by atoms with Gasteiger partial charge >= 0.3 is 0 Å². The summed E-state index contributed by atoms with van der Waals surface area (Å²) in [5.74, 6) is 7.25. The largest absolute Gasteiger partial charge is 0.485 e. The molecule has 18 rings (SSSR count). The van der Waals surface area contributed by atoms with Crippen LogP contribution in [0.3, 0.4) is 0 Å². The van der Waals surface area contributed by atoms with Crippen molar-refractivity contribution in [3.8, 4) is 34.5 Å². The molecule has 3 aliphatic carbocycles. The lowest BCUT2D eigenvalue weighted by Gasteiger charge is -2.29. The Balaban J connectivity index is 0.000000123. The standard InChI is InChI=1S/C26H32N6O4.C25H29ClN6O4.C24H27ClN6O4/c1-16-15-27-23-20(16)24(28-17-5-3-2-4-6-17)31-26(30-23)29-19-8-7-18(21-22(19)36-14-13-35-21)25(33)32-9-11-34-12-10-32;26-17-14-28-23-19(17)22(27-13-15-3-1-2-4-15)30-25(31-23)29-18-6-5-16(20-21(18)36-12-11-35-20)24(33)32-7-9-34-10-8-32;25-16-13-27-22-18(16)21(26-12-14-2-1-3-14)29-24(30-22)28-17-5-4-15(19-20(17)35-11-10-34-19)23(32)31-6-8-33-9-7-31/h7-8,15,17H,2-6,9-14H2,1H3,(H3,27,28,29,30,31);5-6,14-15H,1-4,7-13H2,(H3,27,28,29,30,31);4-5,13-14H,1-3,6-12H2,(H3,26,27,28,29,30). The van der Waals surface area contributed by atoms with Crippen LogP contribution >= 0.6 is 23.2 Å². The highest BCUT2D eigenvalue weighted by Gasteiger charge is 2.34. The van der Waals surface area contributed by atoms with E-state index in [0.717, 1.165) is 59.1 Å². The van der Waals surface area contributed by atoms with Crippen molar-refractivity contribution in [3.63, 3.8) is 0 Å². The van der Waals surface area contributed by atoms with Gasteiger partial charge in [0.1, 0.15) is 74.0 Å². The van der Waals surface area contributed by atoms with E-state index >= 15 is 0 Å². The second-order valence-corrected chi connectivity index (χ2v) is 28.7. The van der Waals surface area contributed by atoms with Crippen molar-refractivity contribution in [3.05, 3.63) is 87.3 Å². The topological polar surface area (TPSA) is 341 Å². The van der Waals surface area contributed by atoms with Gasteiger partial charge in [-0.25, -0.2) is 0 Å². The summed E-state index contributed by atoms with van der Waals surface area (Å²) in [5, 5.41) is 24.2. The Bertz CT molecular complexity index is 4710. The number of H-pyrrole nitrogens is 3. The van der Waals surface area contributed by atoms with Crippen LogP contribution < -0.4 is 60.3 Å². The van der Waals surface area contributed by atoms with E-state index in [4.69, 9.17) is 85.8 Å². The molecule has 9 aliphatic rings. The van der Waals surface area contributed by atoms with Gasteiger partial charge in [-0.1, -0.05) is 61.7 Å². The Hall–Kier alpha value is -10.0. The monoisotopic (exact) mass is 1500 g/mol. The number of morpholine rings is 3. The molecular weight excluding hydrogens is 1420 g/mol. The summed E-state index contributed by atoms with van der Waals surface area (Å²) < 4.78 is 51.8. The summed E-state index contributed by atoms with van der Waals surface area (Å²) in [6.07, 6.45) is 20.2. The van der Waals surface area contributed by atoms with Crippen molar-refractivity contribution in [2.24, 2.45) is 11.8 Å². The number of amides is 3. The number of aryl methyl sites for hydroxylation is 1. The molecule has 0 bridgehead atoms. The minimum absolute atomic E-state index is 0.0786. The molecule has 0 spiro atoms. The van der Waals surface area contributed by atoms with Gasteiger partial charge in [-0.2, -0.15) is 29.9 Å². The Morgan fingerprint density at radius 3 is 1.14 bits per heavy atom. The first-order valence-corrected chi connectivity index (χ1v) is 38.2. The second-order valence-electron chi connectivity index (χ2n) is 27.9. The summed E-state index contributed by atoms with van der Waals surface area (Å²) in [5.41, 5.74) is 6.50. The number of carbonyl (C=O) groups is 3. The molecule has 0 radical (unpaired) electrons. The number of hydrogen-bond donors (Lipinski definition) is 9. The molecule has 9 N–H and O–H groups in total. The average molecular weight is 1500 g/mol. The second kappa shape index (κ2) is 32.6. The number of nitrogens with zero attached hydrogens (tertiary/aromatic N) is 9. The number of aromatic nitrogens is 9. The van der Waals surface area contributed by atoms with Gasteiger partial charge in [0.25, 0.3) is 17.7 Å². The third-order valence-corrected chi connectivity index (χ3v) is 21.4. The lowest BCUT2D eigenvalue weighted by Crippen LogP contribution is -2.41. The lowest BCUT2D eigenvalue weighted by molar-refractivity contribution is 0.0296. The Kier molecular flexibility index (Phi) is 21.7. The molecule has 0 unspecified atom stereocenters. The maximum Gasteiger partial charge on any atom is 0.257 e. The van der Waals surface area contributed by atoms with Crippen LogP contribution in [0.1, 0.15) is 114 Å². The maximum absolute atomic E-state index is 13.2. The summed E-state index contributed by atoms with van der Waals surface area (Å²) >= 11 is 12.8. The maximum atomic E-state index is 13.2. The quantitative estimate of drug-likeness (QED) is 0.0409. The van der Waals surface area contributed by atoms with E-state index in [-0.39, 0.29) is 17.7 Å². The minimum atomic E-state index is -0.0947. The van der Waals surface area contributed by atoms with Crippen molar-refractivity contribution in [2.45, 2.75) is 90.0 Å². The molecule has 0 atom stereocenters. The van der Waals surface area contributed by atoms with Crippen molar-refractivity contribution in [1.82, 2.24) is 59.6 Å². The molecule has 6 aliphatic heterocycles. The van der Waals surface area contributed by atoms with Gasteiger partial charge in [0, 0.05) is 77.0 Å². The van der Waals surface area contributed by atoms with Crippen LogP contribution in [0, 0.1) is 18.8 Å². The Morgan fingerprint density at radius 1 is 0.411 bits per heavy atom. The van der Waals surface area contributed by atoms with Crippen molar-refractivity contribution in [2.75, 3.05) is 164 Å². The van der Waals surface area contributed by atoms with Crippen LogP contribution in [0.5, 0.6) is 34.5 Å². The zero-order chi connectivity index (χ0) is 72.7. The van der Waals surface area contributed by atoms with Gasteiger partial charge in [-0.3, -0.25) is 14.4 Å². The molecule has 32 heteroatoms. The highest BCUT2D eigenvalue weighted by Crippen LogP contribution is 2.47. The van der Waals surface area contributed by atoms with Crippen LogP contribution in [0.15, 0.2) is 55.0 Å². The Morgan fingerprint density at radius 2 is 0.757 bits per heavy atom. The number of carbonyl (C=O) groups excluding carboxylic acids is 3.